The molecule has 0 bridgehead atoms. The molecule has 0 saturated carbocycles. The Kier molecular flexibility index (Phi) is 4.37. The predicted molar refractivity (Wildman–Crippen MR) is 104 cm³/mol. The van der Waals surface area contributed by atoms with E-state index in [0.29, 0.717) is 13.0 Å². The van der Waals surface area contributed by atoms with E-state index in [4.69, 9.17) is 4.98 Å². The van der Waals surface area contributed by atoms with Gasteiger partial charge in [0.1, 0.15) is 5.65 Å². The molecule has 1 aliphatic heterocycles. The van der Waals surface area contributed by atoms with Crippen LogP contribution in [-0.4, -0.2) is 28.4 Å². The normalized spacial score (nSPS) is 16.8. The lowest BCUT2D eigenvalue weighted by Crippen LogP contribution is -2.22. The van der Waals surface area contributed by atoms with Crippen LogP contribution in [0.15, 0.2) is 48.7 Å². The Bertz CT molecular complexity index is 925. The summed E-state index contributed by atoms with van der Waals surface area (Å²) >= 11 is 0. The van der Waals surface area contributed by atoms with E-state index in [1.165, 1.54) is 5.69 Å². The standard InChI is InChI=1S/C21H24N4O/c1-3-24(4-2)16-10-8-15(9-11-16)17-13-20(26)22-14-18-21(17)25-12-6-5-7-19(25)23-18/h5-12,17H,3-4,13-14H2,1-2H3,(H,22,26)/t17-/m0/s1. The van der Waals surface area contributed by atoms with Gasteiger partial charge in [0.25, 0.3) is 0 Å². The van der Waals surface area contributed by atoms with Crippen LogP contribution in [0.2, 0.25) is 0 Å². The Morgan fingerprint density at radius 1 is 1.15 bits per heavy atom. The third-order valence-corrected chi connectivity index (χ3v) is 5.24. The topological polar surface area (TPSA) is 49.6 Å². The summed E-state index contributed by atoms with van der Waals surface area (Å²) in [6.07, 6.45) is 2.48. The van der Waals surface area contributed by atoms with E-state index in [9.17, 15) is 4.79 Å². The van der Waals surface area contributed by atoms with Crippen molar-refractivity contribution in [1.29, 1.82) is 0 Å². The minimum absolute atomic E-state index is 0.00986. The van der Waals surface area contributed by atoms with E-state index in [-0.39, 0.29) is 11.8 Å². The number of aromatic nitrogens is 2. The number of benzene rings is 1. The Morgan fingerprint density at radius 3 is 2.65 bits per heavy atom. The molecule has 3 heterocycles. The Morgan fingerprint density at radius 2 is 1.92 bits per heavy atom. The molecule has 5 nitrogen and oxygen atoms in total. The van der Waals surface area contributed by atoms with Gasteiger partial charge < -0.3 is 14.6 Å². The van der Waals surface area contributed by atoms with Gasteiger partial charge in [0.2, 0.25) is 5.91 Å². The molecule has 0 radical (unpaired) electrons. The summed E-state index contributed by atoms with van der Waals surface area (Å²) in [7, 11) is 0. The van der Waals surface area contributed by atoms with E-state index in [0.717, 1.165) is 35.7 Å². The van der Waals surface area contributed by atoms with Crippen LogP contribution in [-0.2, 0) is 11.3 Å². The molecule has 5 heteroatoms. The summed E-state index contributed by atoms with van der Waals surface area (Å²) in [6, 6.07) is 14.6. The molecule has 4 rings (SSSR count). The number of fused-ring (bicyclic) bond motifs is 3. The molecule has 1 amide bonds. The van der Waals surface area contributed by atoms with Crippen LogP contribution in [0.5, 0.6) is 0 Å². The average Bonchev–Trinajstić information content (AvgIpc) is 2.96. The Labute approximate surface area is 153 Å². The predicted octanol–water partition coefficient (Wildman–Crippen LogP) is 3.33. The van der Waals surface area contributed by atoms with Crippen LogP contribution in [0.3, 0.4) is 0 Å². The molecule has 1 N–H and O–H groups in total. The van der Waals surface area contributed by atoms with Crippen molar-refractivity contribution < 1.29 is 4.79 Å². The van der Waals surface area contributed by atoms with Gasteiger partial charge in [0, 0.05) is 37.3 Å². The number of carbonyl (C=O) groups excluding carboxylic acids is 1. The maximum Gasteiger partial charge on any atom is 0.221 e. The van der Waals surface area contributed by atoms with Crippen molar-refractivity contribution in [1.82, 2.24) is 14.7 Å². The Hall–Kier alpha value is -2.82. The van der Waals surface area contributed by atoms with E-state index in [1.807, 2.05) is 24.4 Å². The maximum absolute atomic E-state index is 12.3. The third-order valence-electron chi connectivity index (χ3n) is 5.24. The highest BCUT2D eigenvalue weighted by molar-refractivity contribution is 5.78. The van der Waals surface area contributed by atoms with E-state index >= 15 is 0 Å². The minimum Gasteiger partial charge on any atom is -0.372 e. The summed E-state index contributed by atoms with van der Waals surface area (Å²) in [5.41, 5.74) is 5.38. The number of rotatable bonds is 4. The first kappa shape index (κ1) is 16.6. The summed E-state index contributed by atoms with van der Waals surface area (Å²) < 4.78 is 2.12. The summed E-state index contributed by atoms with van der Waals surface area (Å²) in [6.45, 7) is 6.79. The lowest BCUT2D eigenvalue weighted by Gasteiger charge is -2.22. The monoisotopic (exact) mass is 348 g/mol. The van der Waals surface area contributed by atoms with Gasteiger partial charge in [-0.1, -0.05) is 18.2 Å². The van der Waals surface area contributed by atoms with Gasteiger partial charge in [-0.15, -0.1) is 0 Å². The molecule has 1 aliphatic rings. The first-order chi connectivity index (χ1) is 12.7. The largest absolute Gasteiger partial charge is 0.372 e. The van der Waals surface area contributed by atoms with Crippen LogP contribution in [0.1, 0.15) is 43.1 Å². The fraction of sp³-hybridized carbons (Fsp3) is 0.333. The molecule has 0 aliphatic carbocycles. The van der Waals surface area contributed by atoms with Crippen molar-refractivity contribution in [2.75, 3.05) is 18.0 Å². The van der Waals surface area contributed by atoms with Crippen molar-refractivity contribution in [3.05, 3.63) is 65.6 Å². The molecule has 134 valence electrons. The highest BCUT2D eigenvalue weighted by Crippen LogP contribution is 2.34. The second-order valence-corrected chi connectivity index (χ2v) is 6.67. The average molecular weight is 348 g/mol. The van der Waals surface area contributed by atoms with Gasteiger partial charge >= 0.3 is 0 Å². The molecule has 0 saturated heterocycles. The molecule has 0 spiro atoms. The van der Waals surface area contributed by atoms with E-state index < -0.39 is 0 Å². The summed E-state index contributed by atoms with van der Waals surface area (Å²) in [4.78, 5) is 19.3. The SMILES string of the molecule is CCN(CC)c1ccc([C@@H]2CC(=O)NCc3nc4ccccn4c32)cc1. The van der Waals surface area contributed by atoms with Crippen molar-refractivity contribution in [2.45, 2.75) is 32.7 Å². The number of nitrogens with one attached hydrogen (secondary N) is 1. The van der Waals surface area contributed by atoms with Gasteiger partial charge in [-0.25, -0.2) is 4.98 Å². The first-order valence-corrected chi connectivity index (χ1v) is 9.28. The molecule has 3 aromatic rings. The second-order valence-electron chi connectivity index (χ2n) is 6.67. The smallest absolute Gasteiger partial charge is 0.221 e. The number of hydrogen-bond acceptors (Lipinski definition) is 3. The zero-order valence-electron chi connectivity index (χ0n) is 15.3. The third kappa shape index (κ3) is 2.83. The fourth-order valence-electron chi connectivity index (χ4n) is 3.88. The molecule has 1 atom stereocenters. The van der Waals surface area contributed by atoms with Crippen molar-refractivity contribution in [2.24, 2.45) is 0 Å². The van der Waals surface area contributed by atoms with Crippen LogP contribution >= 0.6 is 0 Å². The maximum atomic E-state index is 12.3. The highest BCUT2D eigenvalue weighted by atomic mass is 16.1. The fourth-order valence-corrected chi connectivity index (χ4v) is 3.88. The van der Waals surface area contributed by atoms with E-state index in [1.54, 1.807) is 0 Å². The van der Waals surface area contributed by atoms with Gasteiger partial charge in [-0.05, 0) is 43.7 Å². The van der Waals surface area contributed by atoms with Gasteiger partial charge in [-0.3, -0.25) is 4.79 Å². The highest BCUT2D eigenvalue weighted by Gasteiger charge is 2.28. The second kappa shape index (κ2) is 6.83. The Balaban J connectivity index is 1.79. The molecular weight excluding hydrogens is 324 g/mol. The summed E-state index contributed by atoms with van der Waals surface area (Å²) in [5, 5.41) is 2.99. The number of carbonyl (C=O) groups is 1. The van der Waals surface area contributed by atoms with Crippen LogP contribution in [0.4, 0.5) is 5.69 Å². The van der Waals surface area contributed by atoms with Crippen LogP contribution < -0.4 is 10.2 Å². The van der Waals surface area contributed by atoms with Crippen molar-refractivity contribution in [3.63, 3.8) is 0 Å². The lowest BCUT2D eigenvalue weighted by atomic mass is 9.91. The molecule has 0 unspecified atom stereocenters. The number of pyridine rings is 1. The number of anilines is 1. The zero-order chi connectivity index (χ0) is 18.1. The summed E-state index contributed by atoms with van der Waals surface area (Å²) in [5.74, 6) is 0.0844. The molecular formula is C21H24N4O. The quantitative estimate of drug-likeness (QED) is 0.787. The van der Waals surface area contributed by atoms with Gasteiger partial charge in [0.15, 0.2) is 0 Å². The zero-order valence-corrected chi connectivity index (χ0v) is 15.3. The van der Waals surface area contributed by atoms with Crippen molar-refractivity contribution in [3.8, 4) is 0 Å². The van der Waals surface area contributed by atoms with Gasteiger partial charge in [-0.2, -0.15) is 0 Å². The number of amides is 1. The molecule has 26 heavy (non-hydrogen) atoms. The van der Waals surface area contributed by atoms with Crippen LogP contribution in [0, 0.1) is 0 Å². The minimum atomic E-state index is 0.00986. The lowest BCUT2D eigenvalue weighted by molar-refractivity contribution is -0.121. The number of nitrogens with zero attached hydrogens (tertiary/aromatic N) is 3. The first-order valence-electron chi connectivity index (χ1n) is 9.28. The molecule has 1 aromatic carbocycles. The van der Waals surface area contributed by atoms with Gasteiger partial charge in [0.05, 0.1) is 17.9 Å². The molecule has 0 fully saturated rings. The van der Waals surface area contributed by atoms with E-state index in [2.05, 4.69) is 52.7 Å². The number of hydrogen-bond donors (Lipinski definition) is 1. The van der Waals surface area contributed by atoms with Crippen LogP contribution in [0.25, 0.3) is 5.65 Å². The van der Waals surface area contributed by atoms with Crippen molar-refractivity contribution >= 4 is 17.2 Å². The molecule has 2 aromatic heterocycles. The number of imidazole rings is 1.